The van der Waals surface area contributed by atoms with Crippen molar-refractivity contribution in [2.24, 2.45) is 0 Å². The predicted molar refractivity (Wildman–Crippen MR) is 90.4 cm³/mol. The summed E-state index contributed by atoms with van der Waals surface area (Å²) in [4.78, 5) is 9.29. The van der Waals surface area contributed by atoms with E-state index in [0.29, 0.717) is 0 Å². The van der Waals surface area contributed by atoms with Gasteiger partial charge in [0, 0.05) is 29.7 Å². The van der Waals surface area contributed by atoms with Crippen LogP contribution in [0.4, 0.5) is 0 Å². The van der Waals surface area contributed by atoms with Crippen LogP contribution in [0.25, 0.3) is 28.2 Å². The molecule has 0 aliphatic heterocycles. The van der Waals surface area contributed by atoms with Gasteiger partial charge in [-0.3, -0.25) is 0 Å². The Balaban J connectivity index is 1.92. The lowest BCUT2D eigenvalue weighted by molar-refractivity contribution is 0.415. The normalized spacial score (nSPS) is 10.8. The summed E-state index contributed by atoms with van der Waals surface area (Å²) in [7, 11) is 1.66. The maximum absolute atomic E-state index is 5.23. The molecule has 23 heavy (non-hydrogen) atoms. The van der Waals surface area contributed by atoms with Crippen LogP contribution in [0.3, 0.4) is 0 Å². The first-order chi connectivity index (χ1) is 11.3. The van der Waals surface area contributed by atoms with Crippen LogP contribution < -0.4 is 4.74 Å². The third-order valence-electron chi connectivity index (χ3n) is 3.81. The standard InChI is InChI=1S/C19H15N3O/c1-23-16-9-7-15(8-10-16)18-19-20-11-12-22(19)13-17(21-18)14-5-3-2-4-6-14/h2-13H,1H3. The van der Waals surface area contributed by atoms with Crippen LogP contribution in [0.2, 0.25) is 0 Å². The van der Waals surface area contributed by atoms with Crippen LogP contribution in [0.5, 0.6) is 5.75 Å². The molecule has 0 saturated heterocycles. The third-order valence-corrected chi connectivity index (χ3v) is 3.81. The van der Waals surface area contributed by atoms with Crippen molar-refractivity contribution in [1.82, 2.24) is 14.4 Å². The van der Waals surface area contributed by atoms with Crippen molar-refractivity contribution in [3.05, 3.63) is 73.2 Å². The van der Waals surface area contributed by atoms with E-state index in [1.165, 1.54) is 0 Å². The fraction of sp³-hybridized carbons (Fsp3) is 0.0526. The Bertz CT molecular complexity index is 943. The van der Waals surface area contributed by atoms with E-state index in [0.717, 1.165) is 33.9 Å². The number of ether oxygens (including phenoxy) is 1. The molecule has 0 N–H and O–H groups in total. The molecule has 4 nitrogen and oxygen atoms in total. The van der Waals surface area contributed by atoms with E-state index < -0.39 is 0 Å². The number of rotatable bonds is 3. The van der Waals surface area contributed by atoms with Gasteiger partial charge in [-0.25, -0.2) is 9.97 Å². The minimum Gasteiger partial charge on any atom is -0.497 e. The summed E-state index contributed by atoms with van der Waals surface area (Å²) < 4.78 is 7.24. The lowest BCUT2D eigenvalue weighted by atomic mass is 10.1. The Labute approximate surface area is 134 Å². The summed E-state index contributed by atoms with van der Waals surface area (Å²) in [6.45, 7) is 0. The van der Waals surface area contributed by atoms with Gasteiger partial charge in [0.05, 0.1) is 12.8 Å². The Morgan fingerprint density at radius 3 is 2.43 bits per heavy atom. The average molecular weight is 301 g/mol. The Kier molecular flexibility index (Phi) is 3.27. The number of imidazole rings is 1. The van der Waals surface area contributed by atoms with Crippen LogP contribution in [0.1, 0.15) is 0 Å². The number of methoxy groups -OCH3 is 1. The summed E-state index contributed by atoms with van der Waals surface area (Å²) in [6.07, 6.45) is 5.74. The molecular weight excluding hydrogens is 286 g/mol. The average Bonchev–Trinajstić information content (AvgIpc) is 3.10. The van der Waals surface area contributed by atoms with Crippen molar-refractivity contribution in [3.8, 4) is 28.3 Å². The van der Waals surface area contributed by atoms with E-state index in [1.54, 1.807) is 13.3 Å². The molecule has 0 spiro atoms. The lowest BCUT2D eigenvalue weighted by Crippen LogP contribution is -1.96. The second-order valence-corrected chi connectivity index (χ2v) is 5.23. The molecule has 0 aliphatic carbocycles. The van der Waals surface area contributed by atoms with Gasteiger partial charge in [0.1, 0.15) is 11.4 Å². The highest BCUT2D eigenvalue weighted by Crippen LogP contribution is 2.27. The molecule has 0 fully saturated rings. The van der Waals surface area contributed by atoms with Crippen molar-refractivity contribution in [2.75, 3.05) is 7.11 Å². The molecule has 0 bridgehead atoms. The number of benzene rings is 2. The Hall–Kier alpha value is -3.14. The van der Waals surface area contributed by atoms with Crippen molar-refractivity contribution in [3.63, 3.8) is 0 Å². The second-order valence-electron chi connectivity index (χ2n) is 5.23. The molecule has 0 saturated carbocycles. The zero-order chi connectivity index (χ0) is 15.6. The summed E-state index contributed by atoms with van der Waals surface area (Å²) in [6, 6.07) is 18.0. The van der Waals surface area contributed by atoms with Crippen LogP contribution in [0, 0.1) is 0 Å². The van der Waals surface area contributed by atoms with E-state index in [4.69, 9.17) is 9.72 Å². The molecular formula is C19H15N3O. The summed E-state index contributed by atoms with van der Waals surface area (Å²) in [5.41, 5.74) is 4.72. The number of aromatic nitrogens is 3. The van der Waals surface area contributed by atoms with E-state index >= 15 is 0 Å². The molecule has 4 heteroatoms. The SMILES string of the molecule is COc1ccc(-c2nc(-c3ccccc3)cn3ccnc23)cc1. The largest absolute Gasteiger partial charge is 0.497 e. The maximum Gasteiger partial charge on any atom is 0.163 e. The van der Waals surface area contributed by atoms with E-state index in [2.05, 4.69) is 17.1 Å². The van der Waals surface area contributed by atoms with Gasteiger partial charge in [-0.2, -0.15) is 0 Å². The van der Waals surface area contributed by atoms with Gasteiger partial charge in [-0.15, -0.1) is 0 Å². The second kappa shape index (κ2) is 5.57. The Morgan fingerprint density at radius 2 is 1.70 bits per heavy atom. The monoisotopic (exact) mass is 301 g/mol. The molecule has 2 aromatic carbocycles. The Morgan fingerprint density at radius 1 is 0.913 bits per heavy atom. The number of nitrogens with zero attached hydrogens (tertiary/aromatic N) is 3. The highest BCUT2D eigenvalue weighted by Gasteiger charge is 2.11. The van der Waals surface area contributed by atoms with E-state index in [1.807, 2.05) is 59.3 Å². The summed E-state index contributed by atoms with van der Waals surface area (Å²) in [5, 5.41) is 0. The third kappa shape index (κ3) is 2.44. The fourth-order valence-electron chi connectivity index (χ4n) is 2.62. The molecule has 0 unspecified atom stereocenters. The van der Waals surface area contributed by atoms with Crippen molar-refractivity contribution >= 4 is 5.65 Å². The van der Waals surface area contributed by atoms with Crippen molar-refractivity contribution in [1.29, 1.82) is 0 Å². The van der Waals surface area contributed by atoms with Crippen LogP contribution in [-0.2, 0) is 0 Å². The van der Waals surface area contributed by atoms with Crippen molar-refractivity contribution in [2.45, 2.75) is 0 Å². The van der Waals surface area contributed by atoms with Crippen LogP contribution in [-0.4, -0.2) is 21.5 Å². The van der Waals surface area contributed by atoms with Crippen molar-refractivity contribution < 1.29 is 4.74 Å². The van der Waals surface area contributed by atoms with E-state index in [9.17, 15) is 0 Å². The molecule has 2 heterocycles. The fourth-order valence-corrected chi connectivity index (χ4v) is 2.62. The molecule has 0 atom stereocenters. The van der Waals surface area contributed by atoms with Gasteiger partial charge in [-0.1, -0.05) is 30.3 Å². The number of hydrogen-bond acceptors (Lipinski definition) is 3. The number of hydrogen-bond donors (Lipinski definition) is 0. The molecule has 4 rings (SSSR count). The molecule has 112 valence electrons. The van der Waals surface area contributed by atoms with Gasteiger partial charge in [0.25, 0.3) is 0 Å². The minimum absolute atomic E-state index is 0.826. The first-order valence-electron chi connectivity index (χ1n) is 7.39. The maximum atomic E-state index is 5.23. The van der Waals surface area contributed by atoms with Crippen LogP contribution >= 0.6 is 0 Å². The zero-order valence-corrected chi connectivity index (χ0v) is 12.7. The number of fused-ring (bicyclic) bond motifs is 1. The lowest BCUT2D eigenvalue weighted by Gasteiger charge is -2.08. The van der Waals surface area contributed by atoms with Gasteiger partial charge < -0.3 is 9.14 Å². The van der Waals surface area contributed by atoms with Crippen LogP contribution in [0.15, 0.2) is 73.2 Å². The van der Waals surface area contributed by atoms with E-state index in [-0.39, 0.29) is 0 Å². The first kappa shape index (κ1) is 13.5. The van der Waals surface area contributed by atoms with Gasteiger partial charge in [0.15, 0.2) is 5.65 Å². The quantitative estimate of drug-likeness (QED) is 0.572. The van der Waals surface area contributed by atoms with Gasteiger partial charge >= 0.3 is 0 Å². The smallest absolute Gasteiger partial charge is 0.163 e. The van der Waals surface area contributed by atoms with Gasteiger partial charge in [0.2, 0.25) is 0 Å². The molecule has 2 aromatic heterocycles. The highest BCUT2D eigenvalue weighted by atomic mass is 16.5. The molecule has 4 aromatic rings. The summed E-state index contributed by atoms with van der Waals surface area (Å²) in [5.74, 6) is 0.826. The van der Waals surface area contributed by atoms with Gasteiger partial charge in [-0.05, 0) is 24.3 Å². The molecule has 0 radical (unpaired) electrons. The highest BCUT2D eigenvalue weighted by molar-refractivity contribution is 5.76. The minimum atomic E-state index is 0.826. The zero-order valence-electron chi connectivity index (χ0n) is 12.7. The predicted octanol–water partition coefficient (Wildman–Crippen LogP) is 4.07. The summed E-state index contributed by atoms with van der Waals surface area (Å²) >= 11 is 0. The first-order valence-corrected chi connectivity index (χ1v) is 7.39. The molecule has 0 amide bonds. The topological polar surface area (TPSA) is 39.4 Å². The molecule has 0 aliphatic rings.